The zero-order valence-corrected chi connectivity index (χ0v) is 16.6. The fourth-order valence-electron chi connectivity index (χ4n) is 6.42. The van der Waals surface area contributed by atoms with Gasteiger partial charge in [0.2, 0.25) is 11.5 Å². The number of carbonyl (C=O) groups excluding carboxylic acids is 2. The van der Waals surface area contributed by atoms with Crippen LogP contribution in [0.25, 0.3) is 0 Å². The number of rotatable bonds is 3. The molecule has 4 rings (SSSR count). The van der Waals surface area contributed by atoms with Gasteiger partial charge in [-0.2, -0.15) is 0 Å². The molecule has 1 saturated heterocycles. The molecule has 148 valence electrons. The molecule has 2 fully saturated rings. The third-order valence-electron chi connectivity index (χ3n) is 7.40. The van der Waals surface area contributed by atoms with Crippen molar-refractivity contribution in [2.45, 2.75) is 36.3 Å². The summed E-state index contributed by atoms with van der Waals surface area (Å²) >= 11 is 6.85. The molecule has 1 heterocycles. The fourth-order valence-corrected chi connectivity index (χ4v) is 7.08. The standard InChI is InChI=1S/C19H24ClNO6/c1-21-6-5-17-8-10(22)14(26-3)16(27-4)18(17,21)9-12(20)19(17)13(23)7-11(25-2)15(19)24/h7,12,15,24H,5-6,8-9H2,1-4H3/t12-,15+,17+,18+,19?/m0/s1. The number of alkyl halides is 1. The van der Waals surface area contributed by atoms with Gasteiger partial charge in [0, 0.05) is 17.9 Å². The molecule has 0 radical (unpaired) electrons. The number of nitrogens with zero attached hydrogens (tertiary/aromatic N) is 1. The second-order valence-corrected chi connectivity index (χ2v) is 8.37. The summed E-state index contributed by atoms with van der Waals surface area (Å²) < 4.78 is 16.4. The van der Waals surface area contributed by atoms with Gasteiger partial charge < -0.3 is 19.3 Å². The summed E-state index contributed by atoms with van der Waals surface area (Å²) in [7, 11) is 6.29. The van der Waals surface area contributed by atoms with E-state index in [1.165, 1.54) is 27.4 Å². The average Bonchev–Trinajstić information content (AvgIpc) is 3.15. The van der Waals surface area contributed by atoms with Crippen molar-refractivity contribution in [2.24, 2.45) is 10.8 Å². The Morgan fingerprint density at radius 3 is 2.48 bits per heavy atom. The van der Waals surface area contributed by atoms with Crippen LogP contribution in [-0.2, 0) is 23.8 Å². The van der Waals surface area contributed by atoms with E-state index in [-0.39, 0.29) is 29.5 Å². The topological polar surface area (TPSA) is 85.3 Å². The predicted octanol–water partition coefficient (Wildman–Crippen LogP) is 0.996. The molecule has 1 N–H and O–H groups in total. The van der Waals surface area contributed by atoms with Gasteiger partial charge in [-0.1, -0.05) is 0 Å². The third-order valence-corrected chi connectivity index (χ3v) is 7.90. The molecular weight excluding hydrogens is 374 g/mol. The van der Waals surface area contributed by atoms with E-state index in [1.807, 2.05) is 7.05 Å². The minimum Gasteiger partial charge on any atom is -0.498 e. The van der Waals surface area contributed by atoms with E-state index < -0.39 is 27.8 Å². The van der Waals surface area contributed by atoms with Crippen LogP contribution in [-0.4, -0.2) is 73.5 Å². The molecule has 8 heteroatoms. The summed E-state index contributed by atoms with van der Waals surface area (Å²) in [6.07, 6.45) is 1.08. The maximum Gasteiger partial charge on any atom is 0.201 e. The van der Waals surface area contributed by atoms with Crippen molar-refractivity contribution in [3.8, 4) is 0 Å². The highest BCUT2D eigenvalue weighted by Gasteiger charge is 2.83. The van der Waals surface area contributed by atoms with Crippen LogP contribution in [0.1, 0.15) is 19.3 Å². The number of Topliss-reactive ketones (excluding diaryl/α,β-unsaturated/α-hetero) is 1. The fraction of sp³-hybridized carbons (Fsp3) is 0.684. The minimum absolute atomic E-state index is 0.0597. The van der Waals surface area contributed by atoms with Gasteiger partial charge in [-0.3, -0.25) is 14.5 Å². The number of aliphatic hydroxyl groups excluding tert-OH is 1. The van der Waals surface area contributed by atoms with Crippen molar-refractivity contribution in [1.29, 1.82) is 0 Å². The van der Waals surface area contributed by atoms with Gasteiger partial charge >= 0.3 is 0 Å². The largest absolute Gasteiger partial charge is 0.498 e. The molecule has 0 amide bonds. The van der Waals surface area contributed by atoms with Gasteiger partial charge in [0.15, 0.2) is 11.5 Å². The zero-order valence-electron chi connectivity index (χ0n) is 15.9. The van der Waals surface area contributed by atoms with E-state index in [9.17, 15) is 14.7 Å². The molecule has 27 heavy (non-hydrogen) atoms. The van der Waals surface area contributed by atoms with Gasteiger partial charge in [-0.15, -0.1) is 11.6 Å². The SMILES string of the molecule is COC1=CC(=O)C2([C@@H]1O)[C@@H](Cl)C[C@@]13C(OC)=C(OC)C(=O)C[C@@]21CCN3C. The number of hydrogen-bond donors (Lipinski definition) is 1. The number of allylic oxidation sites excluding steroid dienone is 2. The van der Waals surface area contributed by atoms with Crippen LogP contribution in [0.15, 0.2) is 23.4 Å². The summed E-state index contributed by atoms with van der Waals surface area (Å²) in [5.74, 6) is 0.236. The number of ketones is 2. The quantitative estimate of drug-likeness (QED) is 0.711. The molecule has 1 unspecified atom stereocenters. The Balaban J connectivity index is 2.04. The van der Waals surface area contributed by atoms with Crippen LogP contribution >= 0.6 is 11.6 Å². The van der Waals surface area contributed by atoms with Crippen molar-refractivity contribution in [2.75, 3.05) is 34.9 Å². The lowest BCUT2D eigenvalue weighted by atomic mass is 9.52. The van der Waals surface area contributed by atoms with Crippen molar-refractivity contribution in [3.05, 3.63) is 23.4 Å². The maximum atomic E-state index is 13.3. The van der Waals surface area contributed by atoms with Gasteiger partial charge in [0.05, 0.1) is 37.7 Å². The molecule has 0 aromatic carbocycles. The van der Waals surface area contributed by atoms with Crippen LogP contribution in [0.3, 0.4) is 0 Å². The Kier molecular flexibility index (Phi) is 3.98. The second kappa shape index (κ2) is 5.72. The van der Waals surface area contributed by atoms with Gasteiger partial charge in [-0.05, 0) is 26.4 Å². The first-order chi connectivity index (χ1) is 12.8. The smallest absolute Gasteiger partial charge is 0.201 e. The number of hydrogen-bond acceptors (Lipinski definition) is 7. The third kappa shape index (κ3) is 1.72. The lowest BCUT2D eigenvalue weighted by molar-refractivity contribution is -0.148. The molecule has 1 aliphatic heterocycles. The molecule has 0 aromatic heterocycles. The highest BCUT2D eigenvalue weighted by atomic mass is 35.5. The molecule has 0 aromatic rings. The minimum atomic E-state index is -1.34. The van der Waals surface area contributed by atoms with Crippen LogP contribution in [0, 0.1) is 10.8 Å². The van der Waals surface area contributed by atoms with E-state index in [4.69, 9.17) is 25.8 Å². The first-order valence-electron chi connectivity index (χ1n) is 8.97. The Morgan fingerprint density at radius 2 is 1.93 bits per heavy atom. The van der Waals surface area contributed by atoms with Gasteiger partial charge in [0.25, 0.3) is 0 Å². The van der Waals surface area contributed by atoms with E-state index in [0.29, 0.717) is 25.1 Å². The number of aliphatic hydroxyl groups is 1. The number of methoxy groups -OCH3 is 3. The summed E-state index contributed by atoms with van der Waals surface area (Å²) in [4.78, 5) is 28.4. The lowest BCUT2D eigenvalue weighted by Crippen LogP contribution is -2.63. The molecule has 3 aliphatic carbocycles. The summed E-state index contributed by atoms with van der Waals surface area (Å²) in [5, 5.41) is 10.5. The van der Waals surface area contributed by atoms with E-state index >= 15 is 0 Å². The van der Waals surface area contributed by atoms with E-state index in [2.05, 4.69) is 4.90 Å². The average molecular weight is 398 g/mol. The lowest BCUT2D eigenvalue weighted by Gasteiger charge is -2.53. The van der Waals surface area contributed by atoms with Crippen LogP contribution in [0.4, 0.5) is 0 Å². The zero-order chi connectivity index (χ0) is 19.8. The van der Waals surface area contributed by atoms with Crippen LogP contribution in [0.5, 0.6) is 0 Å². The summed E-state index contributed by atoms with van der Waals surface area (Å²) in [5.41, 5.74) is -3.05. The monoisotopic (exact) mass is 397 g/mol. The van der Waals surface area contributed by atoms with Crippen molar-refractivity contribution >= 4 is 23.2 Å². The molecular formula is C19H24ClNO6. The van der Waals surface area contributed by atoms with Crippen molar-refractivity contribution in [3.63, 3.8) is 0 Å². The molecule has 0 bridgehead atoms. The highest BCUT2D eigenvalue weighted by Crippen LogP contribution is 2.74. The first kappa shape index (κ1) is 18.8. The molecule has 1 saturated carbocycles. The molecule has 4 aliphatic rings. The Labute approximate surface area is 162 Å². The van der Waals surface area contributed by atoms with E-state index in [0.717, 1.165) is 0 Å². The van der Waals surface area contributed by atoms with Gasteiger partial charge in [0.1, 0.15) is 11.9 Å². The highest BCUT2D eigenvalue weighted by molar-refractivity contribution is 6.25. The van der Waals surface area contributed by atoms with Crippen LogP contribution in [0.2, 0.25) is 0 Å². The number of ether oxygens (including phenoxy) is 3. The van der Waals surface area contributed by atoms with Crippen molar-refractivity contribution < 1.29 is 28.9 Å². The number of likely N-dealkylation sites (tertiary alicyclic amines) is 1. The summed E-state index contributed by atoms with van der Waals surface area (Å²) in [6, 6.07) is 0. The predicted molar refractivity (Wildman–Crippen MR) is 95.9 cm³/mol. The van der Waals surface area contributed by atoms with Crippen LogP contribution < -0.4 is 0 Å². The first-order valence-corrected chi connectivity index (χ1v) is 9.41. The summed E-state index contributed by atoms with van der Waals surface area (Å²) in [6.45, 7) is 0.644. The Morgan fingerprint density at radius 1 is 1.22 bits per heavy atom. The maximum absolute atomic E-state index is 13.3. The number of carbonyl (C=O) groups is 2. The van der Waals surface area contributed by atoms with E-state index in [1.54, 1.807) is 0 Å². The molecule has 7 nitrogen and oxygen atoms in total. The normalized spacial score (nSPS) is 43.9. The Bertz CT molecular complexity index is 793. The van der Waals surface area contributed by atoms with Gasteiger partial charge in [-0.25, -0.2) is 0 Å². The number of likely N-dealkylation sites (N-methyl/N-ethyl adjacent to an activating group) is 1. The Hall–Kier alpha value is -1.57. The van der Waals surface area contributed by atoms with Crippen molar-refractivity contribution in [1.82, 2.24) is 4.90 Å². The second-order valence-electron chi connectivity index (χ2n) is 7.84. The number of halogens is 1. The molecule has 5 atom stereocenters. The molecule has 1 spiro atoms.